The molecular formula is C21H29N5. The molecule has 2 aliphatic heterocycles. The van der Waals surface area contributed by atoms with Gasteiger partial charge in [0.15, 0.2) is 0 Å². The van der Waals surface area contributed by atoms with Crippen LogP contribution in [-0.4, -0.2) is 48.1 Å². The minimum atomic E-state index is 0.514. The summed E-state index contributed by atoms with van der Waals surface area (Å²) in [5, 5.41) is 7.46. The van der Waals surface area contributed by atoms with Crippen LogP contribution in [0.4, 0.5) is 5.82 Å². The predicted octanol–water partition coefficient (Wildman–Crippen LogP) is 1.66. The lowest BCUT2D eigenvalue weighted by molar-refractivity contribution is 0.307. The number of anilines is 1. The highest BCUT2D eigenvalue weighted by Gasteiger charge is 2.31. The topological polar surface area (TPSA) is 66.2 Å². The molecule has 0 bridgehead atoms. The van der Waals surface area contributed by atoms with Crippen molar-refractivity contribution in [3.63, 3.8) is 0 Å². The Labute approximate surface area is 156 Å². The molecule has 2 unspecified atom stereocenters. The third-order valence-corrected chi connectivity index (χ3v) is 5.61. The van der Waals surface area contributed by atoms with Crippen molar-refractivity contribution in [2.24, 2.45) is 5.92 Å². The number of aromatic nitrogens is 1. The normalized spacial score (nSPS) is 26.4. The standard InChI is InChI=1S/C21H29N5/c22-21-8-4-7-18(25-21)11-17-12-23-13-20(17)24-19-9-10-26(15-19)14-16-5-2-1-3-6-16/h1-8,17,19-20,23-24H,9-15H2,(H2,22,25)/t17?,19-,20?/m0/s1. The molecule has 2 aliphatic rings. The average molecular weight is 351 g/mol. The first-order chi connectivity index (χ1) is 12.8. The van der Waals surface area contributed by atoms with Crippen LogP contribution < -0.4 is 16.4 Å². The van der Waals surface area contributed by atoms with E-state index in [2.05, 4.69) is 56.9 Å². The van der Waals surface area contributed by atoms with Crippen molar-refractivity contribution >= 4 is 5.82 Å². The molecule has 138 valence electrons. The van der Waals surface area contributed by atoms with Crippen LogP contribution >= 0.6 is 0 Å². The molecule has 0 aliphatic carbocycles. The molecule has 0 saturated carbocycles. The van der Waals surface area contributed by atoms with Crippen LogP contribution in [0.2, 0.25) is 0 Å². The van der Waals surface area contributed by atoms with E-state index in [-0.39, 0.29) is 0 Å². The fraction of sp³-hybridized carbons (Fsp3) is 0.476. The number of hydrogen-bond acceptors (Lipinski definition) is 5. The molecular weight excluding hydrogens is 322 g/mol. The third kappa shape index (κ3) is 4.41. The molecule has 2 fully saturated rings. The van der Waals surface area contributed by atoms with Gasteiger partial charge in [0.2, 0.25) is 0 Å². The number of nitrogens with two attached hydrogens (primary N) is 1. The van der Waals surface area contributed by atoms with Crippen LogP contribution in [0.25, 0.3) is 0 Å². The van der Waals surface area contributed by atoms with Crippen molar-refractivity contribution in [3.05, 3.63) is 59.8 Å². The van der Waals surface area contributed by atoms with E-state index in [9.17, 15) is 0 Å². The van der Waals surface area contributed by atoms with Crippen molar-refractivity contribution in [2.45, 2.75) is 31.5 Å². The van der Waals surface area contributed by atoms with Crippen molar-refractivity contribution < 1.29 is 0 Å². The van der Waals surface area contributed by atoms with Crippen molar-refractivity contribution in [1.29, 1.82) is 0 Å². The third-order valence-electron chi connectivity index (χ3n) is 5.61. The van der Waals surface area contributed by atoms with Crippen molar-refractivity contribution in [1.82, 2.24) is 20.5 Å². The molecule has 1 aromatic carbocycles. The Morgan fingerprint density at radius 3 is 2.85 bits per heavy atom. The molecule has 1 aromatic heterocycles. The zero-order valence-corrected chi connectivity index (χ0v) is 15.3. The molecule has 5 nitrogen and oxygen atoms in total. The number of nitrogens with one attached hydrogen (secondary N) is 2. The lowest BCUT2D eigenvalue weighted by Gasteiger charge is -2.24. The molecule has 4 rings (SSSR count). The van der Waals surface area contributed by atoms with Crippen LogP contribution in [0.5, 0.6) is 0 Å². The number of hydrogen-bond donors (Lipinski definition) is 3. The fourth-order valence-corrected chi connectivity index (χ4v) is 4.28. The Morgan fingerprint density at radius 1 is 1.12 bits per heavy atom. The Morgan fingerprint density at radius 2 is 2.00 bits per heavy atom. The van der Waals surface area contributed by atoms with Crippen molar-refractivity contribution in [3.8, 4) is 0 Å². The Hall–Kier alpha value is -1.95. The van der Waals surface area contributed by atoms with E-state index in [4.69, 9.17) is 5.73 Å². The number of nitrogen functional groups attached to an aromatic ring is 1. The second-order valence-electron chi connectivity index (χ2n) is 7.66. The van der Waals surface area contributed by atoms with E-state index in [1.165, 1.54) is 18.5 Å². The molecule has 0 amide bonds. The van der Waals surface area contributed by atoms with E-state index in [0.717, 1.165) is 38.3 Å². The van der Waals surface area contributed by atoms with E-state index >= 15 is 0 Å². The van der Waals surface area contributed by atoms with Gasteiger partial charge >= 0.3 is 0 Å². The number of nitrogens with zero attached hydrogens (tertiary/aromatic N) is 2. The van der Waals surface area contributed by atoms with Crippen LogP contribution in [0.3, 0.4) is 0 Å². The summed E-state index contributed by atoms with van der Waals surface area (Å²) >= 11 is 0. The predicted molar refractivity (Wildman–Crippen MR) is 106 cm³/mol. The first-order valence-electron chi connectivity index (χ1n) is 9.71. The molecule has 0 spiro atoms. The lowest BCUT2D eigenvalue weighted by atomic mass is 9.96. The summed E-state index contributed by atoms with van der Waals surface area (Å²) in [7, 11) is 0. The molecule has 26 heavy (non-hydrogen) atoms. The first-order valence-corrected chi connectivity index (χ1v) is 9.71. The summed E-state index contributed by atoms with van der Waals surface area (Å²) in [4.78, 5) is 7.04. The zero-order chi connectivity index (χ0) is 17.8. The van der Waals surface area contributed by atoms with Crippen LogP contribution in [0.15, 0.2) is 48.5 Å². The molecule has 2 saturated heterocycles. The van der Waals surface area contributed by atoms with Gasteiger partial charge in [0.1, 0.15) is 5.82 Å². The summed E-state index contributed by atoms with van der Waals surface area (Å²) in [5.74, 6) is 1.19. The second-order valence-corrected chi connectivity index (χ2v) is 7.66. The van der Waals surface area contributed by atoms with Gasteiger partial charge in [-0.3, -0.25) is 4.90 Å². The quantitative estimate of drug-likeness (QED) is 0.739. The van der Waals surface area contributed by atoms with Gasteiger partial charge in [-0.05, 0) is 43.0 Å². The fourth-order valence-electron chi connectivity index (χ4n) is 4.28. The van der Waals surface area contributed by atoms with Gasteiger partial charge in [-0.1, -0.05) is 36.4 Å². The minimum absolute atomic E-state index is 0.514. The summed E-state index contributed by atoms with van der Waals surface area (Å²) in [6.07, 6.45) is 2.21. The molecule has 3 heterocycles. The number of benzene rings is 1. The van der Waals surface area contributed by atoms with Gasteiger partial charge in [0.25, 0.3) is 0 Å². The lowest BCUT2D eigenvalue weighted by Crippen LogP contribution is -2.44. The number of pyridine rings is 1. The summed E-state index contributed by atoms with van der Waals surface area (Å²) in [6.45, 7) is 5.46. The van der Waals surface area contributed by atoms with Crippen LogP contribution in [-0.2, 0) is 13.0 Å². The van der Waals surface area contributed by atoms with E-state index < -0.39 is 0 Å². The molecule has 4 N–H and O–H groups in total. The smallest absolute Gasteiger partial charge is 0.123 e. The van der Waals surface area contributed by atoms with E-state index in [1.807, 2.05) is 12.1 Å². The Balaban J connectivity index is 1.29. The maximum Gasteiger partial charge on any atom is 0.123 e. The maximum atomic E-state index is 5.83. The molecule has 3 atom stereocenters. The molecule has 0 radical (unpaired) electrons. The van der Waals surface area contributed by atoms with Crippen molar-refractivity contribution in [2.75, 3.05) is 31.9 Å². The Bertz CT molecular complexity index is 705. The van der Waals surface area contributed by atoms with E-state index in [1.54, 1.807) is 0 Å². The van der Waals surface area contributed by atoms with E-state index in [0.29, 0.717) is 23.8 Å². The monoisotopic (exact) mass is 351 g/mol. The SMILES string of the molecule is Nc1cccc(CC2CNCC2N[C@H]2CCN(Cc3ccccc3)C2)n1. The maximum absolute atomic E-state index is 5.83. The van der Waals surface area contributed by atoms with Gasteiger partial charge in [-0.15, -0.1) is 0 Å². The van der Waals surface area contributed by atoms with Gasteiger partial charge in [-0.25, -0.2) is 4.98 Å². The summed E-state index contributed by atoms with van der Waals surface area (Å²) < 4.78 is 0. The highest BCUT2D eigenvalue weighted by atomic mass is 15.2. The molecule has 2 aromatic rings. The number of likely N-dealkylation sites (tertiary alicyclic amines) is 1. The highest BCUT2D eigenvalue weighted by molar-refractivity contribution is 5.29. The number of rotatable bonds is 6. The largest absolute Gasteiger partial charge is 0.384 e. The zero-order valence-electron chi connectivity index (χ0n) is 15.3. The summed E-state index contributed by atoms with van der Waals surface area (Å²) in [6, 6.07) is 17.8. The Kier molecular flexibility index (Phi) is 5.48. The second kappa shape index (κ2) is 8.16. The minimum Gasteiger partial charge on any atom is -0.384 e. The van der Waals surface area contributed by atoms with Crippen LogP contribution in [0, 0.1) is 5.92 Å². The molecule has 5 heteroatoms. The average Bonchev–Trinajstić information content (AvgIpc) is 3.26. The summed E-state index contributed by atoms with van der Waals surface area (Å²) in [5.41, 5.74) is 8.33. The first kappa shape index (κ1) is 17.5. The van der Waals surface area contributed by atoms with Gasteiger partial charge in [-0.2, -0.15) is 0 Å². The van der Waals surface area contributed by atoms with Gasteiger partial charge in [0, 0.05) is 44.0 Å². The van der Waals surface area contributed by atoms with Crippen LogP contribution in [0.1, 0.15) is 17.7 Å². The van der Waals surface area contributed by atoms with Gasteiger partial charge in [0.05, 0.1) is 0 Å². The van der Waals surface area contributed by atoms with Gasteiger partial charge < -0.3 is 16.4 Å². The highest BCUT2D eigenvalue weighted by Crippen LogP contribution is 2.19.